The van der Waals surface area contributed by atoms with Gasteiger partial charge in [-0.25, -0.2) is 4.39 Å². The van der Waals surface area contributed by atoms with E-state index < -0.39 is 0 Å². The van der Waals surface area contributed by atoms with E-state index in [2.05, 4.69) is 4.90 Å². The molecule has 1 aliphatic rings. The predicted molar refractivity (Wildman–Crippen MR) is 88.2 cm³/mol. The molecule has 1 fully saturated rings. The van der Waals surface area contributed by atoms with E-state index in [1.165, 1.54) is 12.1 Å². The van der Waals surface area contributed by atoms with E-state index in [1.54, 1.807) is 19.2 Å². The Morgan fingerprint density at radius 1 is 1.26 bits per heavy atom. The molecule has 1 aromatic carbocycles. The maximum Gasteiger partial charge on any atom is 0.123 e. The van der Waals surface area contributed by atoms with Crippen LogP contribution >= 0.6 is 0 Å². The number of nitrogens with zero attached hydrogens (tertiary/aromatic N) is 1. The fourth-order valence-corrected chi connectivity index (χ4v) is 3.33. The molecule has 4 nitrogen and oxygen atoms in total. The van der Waals surface area contributed by atoms with Gasteiger partial charge in [0.05, 0.1) is 0 Å². The number of aliphatic hydroxyl groups is 1. The molecule has 1 aromatic rings. The van der Waals surface area contributed by atoms with Crippen LogP contribution in [0, 0.1) is 11.2 Å². The minimum Gasteiger partial charge on any atom is -0.492 e. The minimum atomic E-state index is -0.253. The average molecular weight is 325 g/mol. The van der Waals surface area contributed by atoms with Crippen LogP contribution in [0.2, 0.25) is 0 Å². The summed E-state index contributed by atoms with van der Waals surface area (Å²) >= 11 is 0. The van der Waals surface area contributed by atoms with Gasteiger partial charge in [-0.2, -0.15) is 0 Å². The largest absolute Gasteiger partial charge is 0.492 e. The van der Waals surface area contributed by atoms with Gasteiger partial charge in [-0.1, -0.05) is 0 Å². The predicted octanol–water partition coefficient (Wildman–Crippen LogP) is 2.71. The summed E-state index contributed by atoms with van der Waals surface area (Å²) in [6.45, 7) is 4.31. The summed E-state index contributed by atoms with van der Waals surface area (Å²) in [5.74, 6) is 0.439. The zero-order valence-corrected chi connectivity index (χ0v) is 14.0. The normalized spacial score (nSPS) is 22.2. The summed E-state index contributed by atoms with van der Waals surface area (Å²) in [7, 11) is 1.71. The Hall–Kier alpha value is -1.17. The molecule has 1 N–H and O–H groups in total. The summed E-state index contributed by atoms with van der Waals surface area (Å²) in [5, 5.41) is 9.85. The summed E-state index contributed by atoms with van der Waals surface area (Å²) in [5.41, 5.74) is -0.00729. The Bertz CT molecular complexity index is 454. The lowest BCUT2D eigenvalue weighted by Crippen LogP contribution is -2.46. The van der Waals surface area contributed by atoms with Crippen molar-refractivity contribution in [2.24, 2.45) is 5.41 Å². The fraction of sp³-hybridized carbons (Fsp3) is 0.667. The van der Waals surface area contributed by atoms with E-state index in [4.69, 9.17) is 9.47 Å². The van der Waals surface area contributed by atoms with Gasteiger partial charge in [-0.05, 0) is 56.5 Å². The van der Waals surface area contributed by atoms with Crippen LogP contribution in [0.1, 0.15) is 25.7 Å². The number of piperidine rings is 1. The van der Waals surface area contributed by atoms with E-state index in [9.17, 15) is 9.50 Å². The van der Waals surface area contributed by atoms with Crippen molar-refractivity contribution in [1.82, 2.24) is 4.90 Å². The van der Waals surface area contributed by atoms with Gasteiger partial charge in [-0.15, -0.1) is 0 Å². The summed E-state index contributed by atoms with van der Waals surface area (Å²) in [6.07, 6.45) is 4.15. The molecule has 1 atom stereocenters. The van der Waals surface area contributed by atoms with Crippen LogP contribution in [0.5, 0.6) is 5.75 Å². The van der Waals surface area contributed by atoms with Crippen molar-refractivity contribution in [3.05, 3.63) is 30.1 Å². The molecular weight excluding hydrogens is 297 g/mol. The number of rotatable bonds is 9. The number of ether oxygens (including phenoxy) is 2. The molecule has 130 valence electrons. The van der Waals surface area contributed by atoms with Gasteiger partial charge < -0.3 is 14.6 Å². The number of aliphatic hydroxyl groups excluding tert-OH is 1. The van der Waals surface area contributed by atoms with Crippen LogP contribution in [0.15, 0.2) is 24.3 Å². The van der Waals surface area contributed by atoms with Crippen LogP contribution in [-0.2, 0) is 4.74 Å². The molecule has 0 saturated carbocycles. The maximum absolute atomic E-state index is 12.9. The van der Waals surface area contributed by atoms with Crippen molar-refractivity contribution < 1.29 is 19.0 Å². The SMILES string of the molecule is COCCC[C@@]1(CO)CCCN(CCOc2ccc(F)cc2)C1. The van der Waals surface area contributed by atoms with Crippen LogP contribution in [0.25, 0.3) is 0 Å². The smallest absolute Gasteiger partial charge is 0.123 e. The highest BCUT2D eigenvalue weighted by molar-refractivity contribution is 5.21. The van der Waals surface area contributed by atoms with E-state index in [-0.39, 0.29) is 17.8 Å². The first kappa shape index (κ1) is 18.2. The molecule has 0 unspecified atom stereocenters. The van der Waals surface area contributed by atoms with E-state index in [1.807, 2.05) is 0 Å². The minimum absolute atomic E-state index is 0.00729. The maximum atomic E-state index is 12.9. The standard InChI is InChI=1S/C18H28FNO3/c1-22-12-3-9-18(15-21)8-2-10-20(14-18)11-13-23-17-6-4-16(19)5-7-17/h4-7,21H,2-3,8-15H2,1H3/t18-/m0/s1. The number of hydrogen-bond acceptors (Lipinski definition) is 4. The van der Waals surface area contributed by atoms with Gasteiger partial charge in [0, 0.05) is 38.8 Å². The third-order valence-electron chi connectivity index (χ3n) is 4.62. The van der Waals surface area contributed by atoms with Gasteiger partial charge in [0.15, 0.2) is 0 Å². The molecular formula is C18H28FNO3. The number of methoxy groups -OCH3 is 1. The Morgan fingerprint density at radius 3 is 2.74 bits per heavy atom. The highest BCUT2D eigenvalue weighted by atomic mass is 19.1. The first-order valence-electron chi connectivity index (χ1n) is 8.38. The summed E-state index contributed by atoms with van der Waals surface area (Å²) in [4.78, 5) is 2.36. The van der Waals surface area contributed by atoms with Crippen LogP contribution < -0.4 is 4.74 Å². The Labute approximate surface area is 138 Å². The van der Waals surface area contributed by atoms with Crippen molar-refractivity contribution in [1.29, 1.82) is 0 Å². The van der Waals surface area contributed by atoms with Gasteiger partial charge in [0.1, 0.15) is 18.2 Å². The second-order valence-corrected chi connectivity index (χ2v) is 6.44. The van der Waals surface area contributed by atoms with Gasteiger partial charge in [-0.3, -0.25) is 4.90 Å². The molecule has 23 heavy (non-hydrogen) atoms. The monoisotopic (exact) mass is 325 g/mol. The van der Waals surface area contributed by atoms with Crippen molar-refractivity contribution in [3.63, 3.8) is 0 Å². The molecule has 1 saturated heterocycles. The van der Waals surface area contributed by atoms with Crippen molar-refractivity contribution in [2.75, 3.05) is 46.6 Å². The number of benzene rings is 1. The number of halogens is 1. The van der Waals surface area contributed by atoms with Gasteiger partial charge >= 0.3 is 0 Å². The third kappa shape index (κ3) is 5.75. The van der Waals surface area contributed by atoms with E-state index >= 15 is 0 Å². The van der Waals surface area contributed by atoms with Crippen LogP contribution in [0.3, 0.4) is 0 Å². The topological polar surface area (TPSA) is 41.9 Å². The zero-order chi connectivity index (χ0) is 16.5. The second-order valence-electron chi connectivity index (χ2n) is 6.44. The summed E-state index contributed by atoms with van der Waals surface area (Å²) in [6, 6.07) is 6.11. The lowest BCUT2D eigenvalue weighted by molar-refractivity contribution is 0.0147. The third-order valence-corrected chi connectivity index (χ3v) is 4.62. The summed E-state index contributed by atoms with van der Waals surface area (Å²) < 4.78 is 23.7. The molecule has 0 bridgehead atoms. The average Bonchev–Trinajstić information content (AvgIpc) is 2.57. The number of likely N-dealkylation sites (tertiary alicyclic amines) is 1. The lowest BCUT2D eigenvalue weighted by Gasteiger charge is -2.42. The fourth-order valence-electron chi connectivity index (χ4n) is 3.33. The zero-order valence-electron chi connectivity index (χ0n) is 14.0. The lowest BCUT2D eigenvalue weighted by atomic mass is 9.77. The van der Waals surface area contributed by atoms with Crippen LogP contribution in [-0.4, -0.2) is 56.6 Å². The molecule has 0 amide bonds. The van der Waals surface area contributed by atoms with Crippen molar-refractivity contribution in [3.8, 4) is 5.75 Å². The highest BCUT2D eigenvalue weighted by Gasteiger charge is 2.34. The molecule has 0 aromatic heterocycles. The second kappa shape index (κ2) is 9.21. The van der Waals surface area contributed by atoms with Crippen LogP contribution in [0.4, 0.5) is 4.39 Å². The van der Waals surface area contributed by atoms with Crippen molar-refractivity contribution in [2.45, 2.75) is 25.7 Å². The molecule has 0 aliphatic carbocycles. The van der Waals surface area contributed by atoms with E-state index in [0.717, 1.165) is 51.9 Å². The molecule has 1 aliphatic heterocycles. The molecule has 0 spiro atoms. The highest BCUT2D eigenvalue weighted by Crippen LogP contribution is 2.34. The van der Waals surface area contributed by atoms with Crippen molar-refractivity contribution >= 4 is 0 Å². The molecule has 2 rings (SSSR count). The quantitative estimate of drug-likeness (QED) is 0.709. The molecule has 5 heteroatoms. The molecule has 1 heterocycles. The van der Waals surface area contributed by atoms with E-state index in [0.29, 0.717) is 12.4 Å². The first-order chi connectivity index (χ1) is 11.2. The Kier molecular flexibility index (Phi) is 7.27. The van der Waals surface area contributed by atoms with Gasteiger partial charge in [0.2, 0.25) is 0 Å². The van der Waals surface area contributed by atoms with Gasteiger partial charge in [0.25, 0.3) is 0 Å². The Morgan fingerprint density at radius 2 is 2.04 bits per heavy atom. The first-order valence-corrected chi connectivity index (χ1v) is 8.38. The molecule has 0 radical (unpaired) electrons. The Balaban J connectivity index is 1.77. The number of hydrogen-bond donors (Lipinski definition) is 1.